The van der Waals surface area contributed by atoms with Crippen LogP contribution in [0.5, 0.6) is 11.5 Å². The molecule has 0 bridgehead atoms. The van der Waals surface area contributed by atoms with Gasteiger partial charge in [0, 0.05) is 12.6 Å². The number of hydrogen-bond donors (Lipinski definition) is 3. The summed E-state index contributed by atoms with van der Waals surface area (Å²) in [7, 11) is -3.45. The van der Waals surface area contributed by atoms with Crippen molar-refractivity contribution < 1.29 is 18.3 Å². The van der Waals surface area contributed by atoms with Crippen molar-refractivity contribution in [2.75, 3.05) is 30.7 Å². The van der Waals surface area contributed by atoms with Gasteiger partial charge in [-0.15, -0.1) is 0 Å². The van der Waals surface area contributed by atoms with E-state index in [-0.39, 0.29) is 18.0 Å². The molecule has 0 amide bonds. The van der Waals surface area contributed by atoms with Crippen molar-refractivity contribution in [3.8, 4) is 11.5 Å². The summed E-state index contributed by atoms with van der Waals surface area (Å²) in [5.41, 5.74) is 0.0846. The molecule has 0 saturated heterocycles. The third kappa shape index (κ3) is 4.02. The number of nitrogens with zero attached hydrogens (tertiary/aromatic N) is 1. The number of aliphatic imine (C=N–C) groups is 1. The summed E-state index contributed by atoms with van der Waals surface area (Å²) in [5.74, 6) is 1.04. The van der Waals surface area contributed by atoms with Gasteiger partial charge in [-0.3, -0.25) is 9.71 Å². The number of aromatic hydroxyl groups is 1. The molecular weight excluding hydrogens is 270 g/mol. The zero-order valence-corrected chi connectivity index (χ0v) is 11.2. The Morgan fingerprint density at radius 1 is 1.53 bits per heavy atom. The molecule has 1 aliphatic heterocycles. The number of sulfonamides is 1. The molecule has 2 rings (SSSR count). The lowest BCUT2D eigenvalue weighted by atomic mass is 10.3. The van der Waals surface area contributed by atoms with E-state index in [0.29, 0.717) is 5.75 Å². The summed E-state index contributed by atoms with van der Waals surface area (Å²) in [5, 5.41) is 12.6. The predicted octanol–water partition coefficient (Wildman–Crippen LogP) is 0.144. The van der Waals surface area contributed by atoms with Gasteiger partial charge >= 0.3 is 0 Å². The fraction of sp³-hybridized carbons (Fsp3) is 0.364. The molecule has 104 valence electrons. The van der Waals surface area contributed by atoms with E-state index in [2.05, 4.69) is 15.0 Å². The van der Waals surface area contributed by atoms with E-state index in [1.165, 1.54) is 12.1 Å². The van der Waals surface area contributed by atoms with Crippen LogP contribution in [0.3, 0.4) is 0 Å². The van der Waals surface area contributed by atoms with Crippen LogP contribution >= 0.6 is 0 Å². The van der Waals surface area contributed by atoms with Gasteiger partial charge in [0.2, 0.25) is 10.0 Å². The summed E-state index contributed by atoms with van der Waals surface area (Å²) in [6, 6.07) is 4.34. The quantitative estimate of drug-likeness (QED) is 0.668. The van der Waals surface area contributed by atoms with E-state index in [4.69, 9.17) is 4.74 Å². The SMILES string of the molecule is CS(=O)(=O)Nc1cc(OCC2=NCCN2)ccc1O. The highest BCUT2D eigenvalue weighted by Gasteiger charge is 2.10. The average molecular weight is 285 g/mol. The molecule has 1 aliphatic rings. The van der Waals surface area contributed by atoms with Gasteiger partial charge in [-0.05, 0) is 12.1 Å². The maximum atomic E-state index is 11.1. The fourth-order valence-electron chi connectivity index (χ4n) is 1.58. The van der Waals surface area contributed by atoms with Crippen LogP contribution in [0.15, 0.2) is 23.2 Å². The Bertz CT molecular complexity index is 598. The molecule has 1 heterocycles. The van der Waals surface area contributed by atoms with Crippen molar-refractivity contribution in [3.05, 3.63) is 18.2 Å². The van der Waals surface area contributed by atoms with Gasteiger partial charge in [-0.2, -0.15) is 0 Å². The van der Waals surface area contributed by atoms with Crippen LogP contribution in [-0.2, 0) is 10.0 Å². The lowest BCUT2D eigenvalue weighted by Crippen LogP contribution is -2.24. The van der Waals surface area contributed by atoms with E-state index < -0.39 is 10.0 Å². The van der Waals surface area contributed by atoms with Gasteiger partial charge in [0.15, 0.2) is 0 Å². The molecule has 0 saturated carbocycles. The van der Waals surface area contributed by atoms with Crippen LogP contribution in [0.4, 0.5) is 5.69 Å². The molecule has 1 aromatic carbocycles. The van der Waals surface area contributed by atoms with Gasteiger partial charge in [-0.25, -0.2) is 8.42 Å². The number of hydrogen-bond acceptors (Lipinski definition) is 6. The van der Waals surface area contributed by atoms with Crippen LogP contribution in [0.2, 0.25) is 0 Å². The molecule has 0 atom stereocenters. The van der Waals surface area contributed by atoms with Gasteiger partial charge in [0.05, 0.1) is 18.5 Å². The zero-order chi connectivity index (χ0) is 13.9. The minimum absolute atomic E-state index is 0.0846. The van der Waals surface area contributed by atoms with Gasteiger partial charge in [0.1, 0.15) is 23.9 Å². The third-order valence-corrected chi connectivity index (χ3v) is 2.97. The van der Waals surface area contributed by atoms with Crippen molar-refractivity contribution in [3.63, 3.8) is 0 Å². The monoisotopic (exact) mass is 285 g/mol. The van der Waals surface area contributed by atoms with E-state index in [1.54, 1.807) is 6.07 Å². The number of nitrogens with one attached hydrogen (secondary N) is 2. The molecule has 0 aliphatic carbocycles. The number of phenolic OH excluding ortho intramolecular Hbond substituents is 1. The zero-order valence-electron chi connectivity index (χ0n) is 10.4. The summed E-state index contributed by atoms with van der Waals surface area (Å²) < 4.78 is 30.0. The molecule has 19 heavy (non-hydrogen) atoms. The molecule has 0 fully saturated rings. The highest BCUT2D eigenvalue weighted by Crippen LogP contribution is 2.28. The topological polar surface area (TPSA) is 100 Å². The second-order valence-electron chi connectivity index (χ2n) is 4.10. The number of phenols is 1. The second kappa shape index (κ2) is 5.35. The first-order valence-corrected chi connectivity index (χ1v) is 7.54. The molecule has 3 N–H and O–H groups in total. The number of amidine groups is 1. The summed E-state index contributed by atoms with van der Waals surface area (Å²) in [6.07, 6.45) is 1.01. The lowest BCUT2D eigenvalue weighted by Gasteiger charge is -2.10. The van der Waals surface area contributed by atoms with E-state index in [9.17, 15) is 13.5 Å². The normalized spacial score (nSPS) is 14.7. The smallest absolute Gasteiger partial charge is 0.229 e. The Morgan fingerprint density at radius 2 is 2.32 bits per heavy atom. The average Bonchev–Trinajstić information content (AvgIpc) is 2.81. The van der Waals surface area contributed by atoms with Crippen LogP contribution in [0.1, 0.15) is 0 Å². The first kappa shape index (κ1) is 13.5. The molecular formula is C11H15N3O4S. The first-order chi connectivity index (χ1) is 8.94. The van der Waals surface area contributed by atoms with Gasteiger partial charge in [0.25, 0.3) is 0 Å². The molecule has 0 unspecified atom stereocenters. The molecule has 0 aromatic heterocycles. The minimum Gasteiger partial charge on any atom is -0.506 e. The largest absolute Gasteiger partial charge is 0.506 e. The Balaban J connectivity index is 2.07. The minimum atomic E-state index is -3.45. The Morgan fingerprint density at radius 3 is 2.95 bits per heavy atom. The molecule has 7 nitrogen and oxygen atoms in total. The molecule has 8 heteroatoms. The third-order valence-electron chi connectivity index (χ3n) is 2.38. The fourth-order valence-corrected chi connectivity index (χ4v) is 2.14. The van der Waals surface area contributed by atoms with Crippen molar-refractivity contribution in [2.45, 2.75) is 0 Å². The second-order valence-corrected chi connectivity index (χ2v) is 5.85. The highest BCUT2D eigenvalue weighted by atomic mass is 32.2. The van der Waals surface area contributed by atoms with Crippen LogP contribution in [0, 0.1) is 0 Å². The van der Waals surface area contributed by atoms with E-state index >= 15 is 0 Å². The maximum Gasteiger partial charge on any atom is 0.229 e. The molecule has 0 spiro atoms. The Labute approximate surface area is 111 Å². The standard InChI is InChI=1S/C11H15N3O4S/c1-19(16,17)14-9-6-8(2-3-10(9)15)18-7-11-12-4-5-13-11/h2-3,6,14-15H,4-5,7H2,1H3,(H,12,13). The predicted molar refractivity (Wildman–Crippen MR) is 72.4 cm³/mol. The number of anilines is 1. The number of ether oxygens (including phenoxy) is 1. The van der Waals surface area contributed by atoms with Crippen LogP contribution in [-0.4, -0.2) is 45.3 Å². The first-order valence-electron chi connectivity index (χ1n) is 5.65. The van der Waals surface area contributed by atoms with Gasteiger partial charge < -0.3 is 15.2 Å². The molecule has 0 radical (unpaired) electrons. The van der Waals surface area contributed by atoms with Crippen LogP contribution < -0.4 is 14.8 Å². The number of rotatable bonds is 5. The lowest BCUT2D eigenvalue weighted by molar-refractivity contribution is 0.372. The van der Waals surface area contributed by atoms with Crippen molar-refractivity contribution in [2.24, 2.45) is 4.99 Å². The highest BCUT2D eigenvalue weighted by molar-refractivity contribution is 7.92. The van der Waals surface area contributed by atoms with Gasteiger partial charge in [-0.1, -0.05) is 0 Å². The summed E-state index contributed by atoms with van der Waals surface area (Å²) >= 11 is 0. The van der Waals surface area contributed by atoms with Crippen molar-refractivity contribution >= 4 is 21.5 Å². The maximum absolute atomic E-state index is 11.1. The van der Waals surface area contributed by atoms with E-state index in [0.717, 1.165) is 25.2 Å². The number of benzene rings is 1. The summed E-state index contributed by atoms with van der Waals surface area (Å²) in [6.45, 7) is 1.81. The van der Waals surface area contributed by atoms with Crippen molar-refractivity contribution in [1.82, 2.24) is 5.32 Å². The van der Waals surface area contributed by atoms with Crippen LogP contribution in [0.25, 0.3) is 0 Å². The van der Waals surface area contributed by atoms with E-state index in [1.807, 2.05) is 0 Å². The Kier molecular flexibility index (Phi) is 3.79. The molecule has 1 aromatic rings. The van der Waals surface area contributed by atoms with Crippen molar-refractivity contribution in [1.29, 1.82) is 0 Å². The Hall–Kier alpha value is -1.96. The summed E-state index contributed by atoms with van der Waals surface area (Å²) in [4.78, 5) is 4.17.